The summed E-state index contributed by atoms with van der Waals surface area (Å²) in [4.78, 5) is 0. The lowest BCUT2D eigenvalue weighted by Crippen LogP contribution is -2.50. The summed E-state index contributed by atoms with van der Waals surface area (Å²) in [7, 11) is 0. The highest BCUT2D eigenvalue weighted by molar-refractivity contribution is 5.00. The maximum Gasteiger partial charge on any atom is -0.0247 e. The van der Waals surface area contributed by atoms with Gasteiger partial charge in [-0.25, -0.2) is 0 Å². The predicted octanol–water partition coefficient (Wildman–Crippen LogP) is 6.01. The molecule has 0 rings (SSSR count). The Kier molecular flexibility index (Phi) is 4.94. The Labute approximate surface area is 111 Å². The van der Waals surface area contributed by atoms with Gasteiger partial charge in [-0.05, 0) is 34.0 Å². The molecule has 0 aromatic carbocycles. The molecule has 0 aromatic rings. The predicted molar refractivity (Wildman–Crippen MR) is 80.2 cm³/mol. The highest BCUT2D eigenvalue weighted by Crippen LogP contribution is 2.58. The zero-order valence-corrected chi connectivity index (χ0v) is 14.2. The Morgan fingerprint density at radius 1 is 0.588 bits per heavy atom. The van der Waals surface area contributed by atoms with Gasteiger partial charge in [-0.3, -0.25) is 0 Å². The van der Waals surface area contributed by atoms with Crippen molar-refractivity contribution >= 4 is 0 Å². The van der Waals surface area contributed by atoms with E-state index < -0.39 is 0 Å². The summed E-state index contributed by atoms with van der Waals surface area (Å²) in [5.74, 6) is 2.18. The summed E-state index contributed by atoms with van der Waals surface area (Å²) >= 11 is 0. The van der Waals surface area contributed by atoms with Gasteiger partial charge in [0.05, 0.1) is 0 Å². The average molecular weight is 240 g/mol. The van der Waals surface area contributed by atoms with Crippen LogP contribution in [0.3, 0.4) is 0 Å². The topological polar surface area (TPSA) is 0 Å². The first-order chi connectivity index (χ1) is 7.30. The molecule has 1 atom stereocenters. The molecule has 0 saturated heterocycles. The summed E-state index contributed by atoms with van der Waals surface area (Å²) < 4.78 is 0. The van der Waals surface area contributed by atoms with Gasteiger partial charge in [0.1, 0.15) is 0 Å². The first-order valence-corrected chi connectivity index (χ1v) is 7.30. The molecule has 17 heavy (non-hydrogen) atoms. The second kappa shape index (κ2) is 4.94. The molecular weight excluding hydrogens is 204 g/mol. The number of rotatable bonds is 5. The van der Waals surface area contributed by atoms with Crippen molar-refractivity contribution in [1.82, 2.24) is 0 Å². The van der Waals surface area contributed by atoms with Crippen LogP contribution in [0.1, 0.15) is 76.2 Å². The normalized spacial score (nSPS) is 16.8. The van der Waals surface area contributed by atoms with Crippen LogP contribution in [0.25, 0.3) is 0 Å². The van der Waals surface area contributed by atoms with E-state index in [1.807, 2.05) is 0 Å². The minimum absolute atomic E-state index is 0.317. The molecule has 0 amide bonds. The molecule has 0 nitrogen and oxygen atoms in total. The largest absolute Gasteiger partial charge is 0.0625 e. The first-order valence-electron chi connectivity index (χ1n) is 7.30. The lowest BCUT2D eigenvalue weighted by Gasteiger charge is -2.57. The molecule has 0 aromatic heterocycles. The Hall–Kier alpha value is 0. The SMILES string of the molecule is CC(C)C(C)C(C)(C)C(C)(C)C(C)(C)C(C)C. The Morgan fingerprint density at radius 2 is 0.941 bits per heavy atom. The quantitative estimate of drug-likeness (QED) is 0.552. The van der Waals surface area contributed by atoms with E-state index in [2.05, 4.69) is 76.2 Å². The molecule has 0 aliphatic rings. The molecule has 0 heteroatoms. The maximum atomic E-state index is 2.46. The monoisotopic (exact) mass is 240 g/mol. The molecule has 0 spiro atoms. The molecule has 0 aliphatic heterocycles. The van der Waals surface area contributed by atoms with Gasteiger partial charge in [0.2, 0.25) is 0 Å². The Morgan fingerprint density at radius 3 is 1.18 bits per heavy atom. The van der Waals surface area contributed by atoms with Crippen molar-refractivity contribution < 1.29 is 0 Å². The van der Waals surface area contributed by atoms with Gasteiger partial charge in [0, 0.05) is 0 Å². The lowest BCUT2D eigenvalue weighted by molar-refractivity contribution is -0.0868. The van der Waals surface area contributed by atoms with E-state index in [-0.39, 0.29) is 0 Å². The molecule has 0 fully saturated rings. The number of hydrogen-bond donors (Lipinski definition) is 0. The van der Waals surface area contributed by atoms with E-state index in [1.54, 1.807) is 0 Å². The maximum absolute atomic E-state index is 2.46. The summed E-state index contributed by atoms with van der Waals surface area (Å²) in [5.41, 5.74) is 1.01. The van der Waals surface area contributed by atoms with E-state index in [0.717, 1.165) is 11.8 Å². The fourth-order valence-electron chi connectivity index (χ4n) is 2.95. The van der Waals surface area contributed by atoms with Crippen LogP contribution in [0.5, 0.6) is 0 Å². The fraction of sp³-hybridized carbons (Fsp3) is 1.00. The van der Waals surface area contributed by atoms with Crippen molar-refractivity contribution in [3.05, 3.63) is 0 Å². The third-order valence-corrected chi connectivity index (χ3v) is 6.80. The molecule has 0 heterocycles. The fourth-order valence-corrected chi connectivity index (χ4v) is 2.95. The van der Waals surface area contributed by atoms with Crippen LogP contribution < -0.4 is 0 Å². The summed E-state index contributed by atoms with van der Waals surface area (Å²) in [6.07, 6.45) is 0. The molecule has 0 radical (unpaired) electrons. The van der Waals surface area contributed by atoms with Gasteiger partial charge in [-0.15, -0.1) is 0 Å². The molecule has 0 saturated carbocycles. The molecule has 0 aliphatic carbocycles. The van der Waals surface area contributed by atoms with Crippen molar-refractivity contribution in [3.8, 4) is 0 Å². The molecule has 0 N–H and O–H groups in total. The van der Waals surface area contributed by atoms with E-state index >= 15 is 0 Å². The Bertz CT molecular complexity index is 241. The highest BCUT2D eigenvalue weighted by Gasteiger charge is 2.51. The van der Waals surface area contributed by atoms with Crippen LogP contribution in [-0.2, 0) is 0 Å². The standard InChI is InChI=1S/C17H36/c1-12(2)14(5)16(8,9)17(10,11)15(6,7)13(3)4/h12-14H,1-11H3. The minimum Gasteiger partial charge on any atom is -0.0625 e. The Balaban J connectivity index is 5.44. The number of hydrogen-bond acceptors (Lipinski definition) is 0. The second-order valence-corrected chi connectivity index (χ2v) is 8.26. The molecule has 1 unspecified atom stereocenters. The van der Waals surface area contributed by atoms with Gasteiger partial charge in [-0.2, -0.15) is 0 Å². The van der Waals surface area contributed by atoms with Crippen LogP contribution >= 0.6 is 0 Å². The minimum atomic E-state index is 0.317. The average Bonchev–Trinajstić information content (AvgIpc) is 2.15. The zero-order chi connectivity index (χ0) is 14.2. The van der Waals surface area contributed by atoms with Crippen LogP contribution in [0.15, 0.2) is 0 Å². The van der Waals surface area contributed by atoms with Gasteiger partial charge in [-0.1, -0.05) is 76.2 Å². The van der Waals surface area contributed by atoms with Gasteiger partial charge in [0.25, 0.3) is 0 Å². The molecule has 0 bridgehead atoms. The zero-order valence-electron chi connectivity index (χ0n) is 14.2. The highest BCUT2D eigenvalue weighted by atomic mass is 14.6. The van der Waals surface area contributed by atoms with Crippen LogP contribution in [0, 0.1) is 34.0 Å². The van der Waals surface area contributed by atoms with E-state index in [0.29, 0.717) is 22.2 Å². The lowest BCUT2D eigenvalue weighted by atomic mass is 9.48. The third kappa shape index (κ3) is 2.71. The van der Waals surface area contributed by atoms with Crippen molar-refractivity contribution in [2.24, 2.45) is 34.0 Å². The van der Waals surface area contributed by atoms with Crippen molar-refractivity contribution in [2.75, 3.05) is 0 Å². The van der Waals surface area contributed by atoms with Gasteiger partial charge in [0.15, 0.2) is 0 Å². The summed E-state index contributed by atoms with van der Waals surface area (Å²) in [6, 6.07) is 0. The van der Waals surface area contributed by atoms with Gasteiger partial charge < -0.3 is 0 Å². The second-order valence-electron chi connectivity index (χ2n) is 8.26. The van der Waals surface area contributed by atoms with Crippen LogP contribution in [0.4, 0.5) is 0 Å². The van der Waals surface area contributed by atoms with E-state index in [1.165, 1.54) is 0 Å². The van der Waals surface area contributed by atoms with Crippen LogP contribution in [-0.4, -0.2) is 0 Å². The van der Waals surface area contributed by atoms with Crippen LogP contribution in [0.2, 0.25) is 0 Å². The van der Waals surface area contributed by atoms with E-state index in [9.17, 15) is 0 Å². The third-order valence-electron chi connectivity index (χ3n) is 6.80. The first kappa shape index (κ1) is 17.0. The van der Waals surface area contributed by atoms with Crippen molar-refractivity contribution in [3.63, 3.8) is 0 Å². The van der Waals surface area contributed by atoms with Crippen molar-refractivity contribution in [2.45, 2.75) is 76.2 Å². The molecule has 104 valence electrons. The van der Waals surface area contributed by atoms with E-state index in [4.69, 9.17) is 0 Å². The van der Waals surface area contributed by atoms with Crippen molar-refractivity contribution in [1.29, 1.82) is 0 Å². The summed E-state index contributed by atoms with van der Waals surface area (Å²) in [6.45, 7) is 26.6. The van der Waals surface area contributed by atoms with Gasteiger partial charge >= 0.3 is 0 Å². The molecular formula is C17H36. The smallest absolute Gasteiger partial charge is 0.0247 e. The summed E-state index contributed by atoms with van der Waals surface area (Å²) in [5, 5.41) is 0.